The minimum absolute atomic E-state index is 0.0162. The van der Waals surface area contributed by atoms with E-state index in [1.165, 1.54) is 18.5 Å². The molecule has 1 aliphatic heterocycles. The molecule has 0 aliphatic carbocycles. The Bertz CT molecular complexity index is 1040. The van der Waals surface area contributed by atoms with E-state index in [9.17, 15) is 9.18 Å². The van der Waals surface area contributed by atoms with Gasteiger partial charge < -0.3 is 14.6 Å². The molecule has 1 saturated heterocycles. The Morgan fingerprint density at radius 3 is 2.68 bits per heavy atom. The van der Waals surface area contributed by atoms with Crippen molar-refractivity contribution in [1.82, 2.24) is 9.97 Å². The summed E-state index contributed by atoms with van der Waals surface area (Å²) in [6.07, 6.45) is 2.98. The number of anilines is 2. The van der Waals surface area contributed by atoms with Crippen molar-refractivity contribution in [3.8, 4) is 0 Å². The van der Waals surface area contributed by atoms with Crippen LogP contribution in [-0.4, -0.2) is 29.0 Å². The highest BCUT2D eigenvalue weighted by Gasteiger charge is 2.28. The van der Waals surface area contributed by atoms with Crippen LogP contribution in [0.4, 0.5) is 15.9 Å². The zero-order valence-corrected chi connectivity index (χ0v) is 16.3. The van der Waals surface area contributed by atoms with Gasteiger partial charge in [-0.3, -0.25) is 4.79 Å². The molecule has 1 fully saturated rings. The number of furan rings is 1. The number of amides is 1. The molecule has 0 saturated carbocycles. The number of piperidine rings is 1. The SMILES string of the molecule is Cc1cc(F)ccc1NC(=O)C1CCN(c2ncnc3oc(C)c(C)c23)CC1. The smallest absolute Gasteiger partial charge is 0.231 e. The van der Waals surface area contributed by atoms with Crippen molar-refractivity contribution < 1.29 is 13.6 Å². The lowest BCUT2D eigenvalue weighted by atomic mass is 9.95. The lowest BCUT2D eigenvalue weighted by Crippen LogP contribution is -2.38. The number of nitrogens with one attached hydrogen (secondary N) is 1. The second-order valence-electron chi connectivity index (χ2n) is 7.37. The average Bonchev–Trinajstić information content (AvgIpc) is 2.98. The van der Waals surface area contributed by atoms with Crippen LogP contribution in [0.15, 0.2) is 28.9 Å². The fraction of sp³-hybridized carbons (Fsp3) is 0.381. The van der Waals surface area contributed by atoms with Gasteiger partial charge >= 0.3 is 0 Å². The van der Waals surface area contributed by atoms with E-state index in [1.54, 1.807) is 13.0 Å². The van der Waals surface area contributed by atoms with Gasteiger partial charge in [-0.15, -0.1) is 0 Å². The lowest BCUT2D eigenvalue weighted by molar-refractivity contribution is -0.120. The van der Waals surface area contributed by atoms with E-state index >= 15 is 0 Å². The van der Waals surface area contributed by atoms with E-state index in [0.29, 0.717) is 11.4 Å². The molecule has 1 N–H and O–H groups in total. The molecule has 2 aromatic heterocycles. The van der Waals surface area contributed by atoms with Crippen LogP contribution in [0.1, 0.15) is 29.7 Å². The largest absolute Gasteiger partial charge is 0.443 e. The van der Waals surface area contributed by atoms with Crippen LogP contribution in [-0.2, 0) is 4.79 Å². The molecule has 3 heterocycles. The molecule has 28 heavy (non-hydrogen) atoms. The molecule has 7 heteroatoms. The van der Waals surface area contributed by atoms with Crippen LogP contribution in [0.3, 0.4) is 0 Å². The zero-order valence-electron chi connectivity index (χ0n) is 16.3. The number of nitrogens with zero attached hydrogens (tertiary/aromatic N) is 3. The first-order valence-electron chi connectivity index (χ1n) is 9.46. The van der Waals surface area contributed by atoms with Crippen molar-refractivity contribution in [2.24, 2.45) is 5.92 Å². The van der Waals surface area contributed by atoms with Gasteiger partial charge in [-0.25, -0.2) is 14.4 Å². The van der Waals surface area contributed by atoms with E-state index in [1.807, 2.05) is 13.8 Å². The number of carbonyl (C=O) groups is 1. The van der Waals surface area contributed by atoms with E-state index in [0.717, 1.165) is 54.0 Å². The summed E-state index contributed by atoms with van der Waals surface area (Å²) in [4.78, 5) is 23.6. The first-order valence-corrected chi connectivity index (χ1v) is 9.46. The van der Waals surface area contributed by atoms with Crippen molar-refractivity contribution in [2.75, 3.05) is 23.3 Å². The van der Waals surface area contributed by atoms with E-state index < -0.39 is 0 Å². The third-order valence-corrected chi connectivity index (χ3v) is 5.56. The number of rotatable bonds is 3. The predicted octanol–water partition coefficient (Wildman–Crippen LogP) is 4.14. The van der Waals surface area contributed by atoms with Crippen LogP contribution < -0.4 is 10.2 Å². The molecule has 146 valence electrons. The number of hydrogen-bond acceptors (Lipinski definition) is 5. The fourth-order valence-electron chi connectivity index (χ4n) is 3.76. The molecule has 4 rings (SSSR count). The third-order valence-electron chi connectivity index (χ3n) is 5.56. The Balaban J connectivity index is 1.46. The third kappa shape index (κ3) is 3.32. The van der Waals surface area contributed by atoms with E-state index in [2.05, 4.69) is 20.2 Å². The Hall–Kier alpha value is -2.96. The molecule has 0 radical (unpaired) electrons. The van der Waals surface area contributed by atoms with Gasteiger partial charge in [0.1, 0.15) is 23.7 Å². The van der Waals surface area contributed by atoms with E-state index in [-0.39, 0.29) is 17.6 Å². The maximum atomic E-state index is 13.2. The quantitative estimate of drug-likeness (QED) is 0.737. The predicted molar refractivity (Wildman–Crippen MR) is 106 cm³/mol. The second kappa shape index (κ2) is 7.22. The van der Waals surface area contributed by atoms with Gasteiger partial charge in [0.25, 0.3) is 0 Å². The van der Waals surface area contributed by atoms with Crippen molar-refractivity contribution in [3.63, 3.8) is 0 Å². The molecule has 1 aromatic carbocycles. The summed E-state index contributed by atoms with van der Waals surface area (Å²) in [7, 11) is 0. The number of hydrogen-bond donors (Lipinski definition) is 1. The molecule has 0 atom stereocenters. The van der Waals surface area contributed by atoms with Gasteiger partial charge in [0.05, 0.1) is 5.39 Å². The van der Waals surface area contributed by atoms with Gasteiger partial charge in [-0.1, -0.05) is 0 Å². The summed E-state index contributed by atoms with van der Waals surface area (Å²) < 4.78 is 19.0. The van der Waals surface area contributed by atoms with Crippen molar-refractivity contribution >= 4 is 28.5 Å². The molecule has 1 aliphatic rings. The topological polar surface area (TPSA) is 71.3 Å². The summed E-state index contributed by atoms with van der Waals surface area (Å²) >= 11 is 0. The maximum Gasteiger partial charge on any atom is 0.231 e. The zero-order chi connectivity index (χ0) is 19.8. The Labute approximate surface area is 162 Å². The molecule has 6 nitrogen and oxygen atoms in total. The van der Waals surface area contributed by atoms with Crippen LogP contribution >= 0.6 is 0 Å². The van der Waals surface area contributed by atoms with Gasteiger partial charge in [0.15, 0.2) is 0 Å². The highest BCUT2D eigenvalue weighted by molar-refractivity contribution is 5.94. The summed E-state index contributed by atoms with van der Waals surface area (Å²) in [5.74, 6) is 1.32. The molecule has 3 aromatic rings. The number of aromatic nitrogens is 2. The normalized spacial score (nSPS) is 15.2. The monoisotopic (exact) mass is 382 g/mol. The van der Waals surface area contributed by atoms with Crippen LogP contribution in [0, 0.1) is 32.5 Å². The first-order chi connectivity index (χ1) is 13.4. The first kappa shape index (κ1) is 18.4. The van der Waals surface area contributed by atoms with Crippen LogP contribution in [0.2, 0.25) is 0 Å². The minimum Gasteiger partial charge on any atom is -0.443 e. The van der Waals surface area contributed by atoms with Crippen LogP contribution in [0.25, 0.3) is 11.1 Å². The average molecular weight is 382 g/mol. The lowest BCUT2D eigenvalue weighted by Gasteiger charge is -2.32. The maximum absolute atomic E-state index is 13.2. The Kier molecular flexibility index (Phi) is 4.75. The van der Waals surface area contributed by atoms with E-state index in [4.69, 9.17) is 4.42 Å². The van der Waals surface area contributed by atoms with Crippen molar-refractivity contribution in [3.05, 3.63) is 47.2 Å². The summed E-state index contributed by atoms with van der Waals surface area (Å²) in [6, 6.07) is 4.40. The van der Waals surface area contributed by atoms with Crippen molar-refractivity contribution in [1.29, 1.82) is 0 Å². The number of benzene rings is 1. The number of fused-ring (bicyclic) bond motifs is 1. The van der Waals surface area contributed by atoms with Gasteiger partial charge in [-0.2, -0.15) is 0 Å². The molecule has 0 unspecified atom stereocenters. The number of halogens is 1. The highest BCUT2D eigenvalue weighted by atomic mass is 19.1. The Morgan fingerprint density at radius 1 is 1.21 bits per heavy atom. The van der Waals surface area contributed by atoms with Gasteiger partial charge in [-0.05, 0) is 57.4 Å². The standard InChI is InChI=1S/C21H23FN4O2/c1-12-10-16(22)4-5-17(12)25-20(27)15-6-8-26(9-7-15)19-18-13(2)14(3)28-21(18)24-11-23-19/h4-5,10-11,15H,6-9H2,1-3H3,(H,25,27). The minimum atomic E-state index is -0.301. The molecule has 0 spiro atoms. The molecular formula is C21H23FN4O2. The summed E-state index contributed by atoms with van der Waals surface area (Å²) in [5.41, 5.74) is 3.04. The van der Waals surface area contributed by atoms with Gasteiger partial charge in [0, 0.05) is 30.3 Å². The molecular weight excluding hydrogens is 359 g/mol. The Morgan fingerprint density at radius 2 is 1.96 bits per heavy atom. The summed E-state index contributed by atoms with van der Waals surface area (Å²) in [6.45, 7) is 7.19. The van der Waals surface area contributed by atoms with Gasteiger partial charge in [0.2, 0.25) is 11.6 Å². The number of carbonyl (C=O) groups excluding carboxylic acids is 1. The molecule has 0 bridgehead atoms. The fourth-order valence-corrected chi connectivity index (χ4v) is 3.76. The number of aryl methyl sites for hydroxylation is 3. The molecule has 1 amide bonds. The summed E-state index contributed by atoms with van der Waals surface area (Å²) in [5, 5.41) is 3.89. The highest BCUT2D eigenvalue weighted by Crippen LogP contribution is 2.32. The van der Waals surface area contributed by atoms with Crippen LogP contribution in [0.5, 0.6) is 0 Å². The van der Waals surface area contributed by atoms with Crippen molar-refractivity contribution in [2.45, 2.75) is 33.6 Å². The second-order valence-corrected chi connectivity index (χ2v) is 7.37.